The molecule has 0 aromatic carbocycles. The monoisotopic (exact) mass is 1130 g/mol. The molecule has 0 saturated carbocycles. The minimum Gasteiger partial charge on any atom is -0.338 e. The summed E-state index contributed by atoms with van der Waals surface area (Å²) in [5.41, 5.74) is -0.0506. The Morgan fingerprint density at radius 1 is 0.346 bits per heavy atom. The van der Waals surface area contributed by atoms with E-state index in [1.54, 1.807) is 0 Å². The van der Waals surface area contributed by atoms with Crippen LogP contribution in [-0.4, -0.2) is 186 Å². The van der Waals surface area contributed by atoms with Crippen LogP contribution in [0.2, 0.25) is 0 Å². The zero-order valence-electron chi connectivity index (χ0n) is 57.1. The van der Waals surface area contributed by atoms with E-state index in [1.165, 1.54) is 0 Å². The van der Waals surface area contributed by atoms with Crippen LogP contribution in [0.15, 0.2) is 0 Å². The van der Waals surface area contributed by atoms with Gasteiger partial charge in [0.15, 0.2) is 0 Å². The number of unbranched alkanes of at least 4 members (excludes halogenated alkanes) is 4. The smallest absolute Gasteiger partial charge is 0.233 e. The summed E-state index contributed by atoms with van der Waals surface area (Å²) < 4.78 is 0. The van der Waals surface area contributed by atoms with Gasteiger partial charge < -0.3 is 29.8 Å². The number of nitrogens with one attached hydrogen (secondary N) is 1. The molecule has 464 valence electrons. The third-order valence-corrected chi connectivity index (χ3v) is 21.3. The summed E-state index contributed by atoms with van der Waals surface area (Å²) in [5.74, 6) is 4.46. The Balaban J connectivity index is 1.53. The first kappa shape index (κ1) is 66.8. The summed E-state index contributed by atoms with van der Waals surface area (Å²) in [6, 6.07) is 1.03. The fourth-order valence-corrected chi connectivity index (χ4v) is 15.2. The van der Waals surface area contributed by atoms with Gasteiger partial charge in [0.05, 0.1) is 6.67 Å². The van der Waals surface area contributed by atoms with Gasteiger partial charge in [-0.05, 0) is 223 Å². The van der Waals surface area contributed by atoms with Crippen molar-refractivity contribution in [2.45, 2.75) is 317 Å². The van der Waals surface area contributed by atoms with Crippen molar-refractivity contribution in [3.05, 3.63) is 0 Å². The van der Waals surface area contributed by atoms with Crippen molar-refractivity contribution in [1.29, 1.82) is 0 Å². The molecule has 6 heterocycles. The van der Waals surface area contributed by atoms with Gasteiger partial charge in [-0.1, -0.05) is 53.4 Å². The van der Waals surface area contributed by atoms with E-state index in [2.05, 4.69) is 223 Å². The predicted octanol–water partition coefficient (Wildman–Crippen LogP) is 13.0. The van der Waals surface area contributed by atoms with Crippen LogP contribution < -0.4 is 29.8 Å². The molecule has 0 radical (unpaired) electrons. The summed E-state index contributed by atoms with van der Waals surface area (Å²) in [5, 5.41) is 3.88. The first-order valence-electron chi connectivity index (χ1n) is 32.5. The van der Waals surface area contributed by atoms with Crippen molar-refractivity contribution in [2.24, 2.45) is 0 Å². The maximum atomic E-state index is 5.71. The van der Waals surface area contributed by atoms with Crippen LogP contribution in [0, 0.1) is 0 Å². The quantitative estimate of drug-likeness (QED) is 0.0949. The van der Waals surface area contributed by atoms with Crippen molar-refractivity contribution in [3.63, 3.8) is 0 Å². The van der Waals surface area contributed by atoms with Crippen molar-refractivity contribution >= 4 is 35.7 Å². The molecule has 81 heavy (non-hydrogen) atoms. The predicted molar refractivity (Wildman–Crippen MR) is 346 cm³/mol. The average molecular weight is 1130 g/mol. The Hall–Kier alpha value is -3.34. The molecule has 6 rings (SSSR count). The number of anilines is 6. The lowest BCUT2D eigenvalue weighted by molar-refractivity contribution is -0.0135. The molecule has 0 unspecified atom stereocenters. The maximum Gasteiger partial charge on any atom is 0.233 e. The fraction of sp³-hybridized carbons (Fsp3) is 0.908. The highest BCUT2D eigenvalue weighted by atomic mass is 15.5. The third-order valence-electron chi connectivity index (χ3n) is 21.3. The molecule has 4 aliphatic heterocycles. The van der Waals surface area contributed by atoms with Crippen molar-refractivity contribution in [3.8, 4) is 0 Å². The van der Waals surface area contributed by atoms with Crippen LogP contribution in [-0.2, 0) is 0 Å². The second-order valence-electron chi connectivity index (χ2n) is 30.9. The lowest BCUT2D eigenvalue weighted by Gasteiger charge is -2.56. The normalized spacial score (nSPS) is 23.3. The minimum atomic E-state index is -0.00657. The molecule has 4 fully saturated rings. The lowest BCUT2D eigenvalue weighted by atomic mass is 9.77. The molecule has 0 spiro atoms. The standard InChI is InChI=1S/C65H124N16/c1-26-31-35-78(48-39-58(6,7)73(22)59(8,9)40-48)54-67-52(68-55(71-54)79(36-32-27-2)49-41-60(10,11)74(23)61(12,13)42-49)66-47-77(30-5)53-69-56(80(37-33-28-3)50-43-62(14,15)75(24)63(16,17)44-50)72-57(70-53)81(38-34-29-4)51-45-64(18,19)76(25)65(20,21)46-51/h48-51H,26-47H2,1-25H3,(H,66,67,68,71). The molecule has 0 amide bonds. The second kappa shape index (κ2) is 25.7. The Morgan fingerprint density at radius 2 is 0.556 bits per heavy atom. The van der Waals surface area contributed by atoms with Crippen LogP contribution in [0.25, 0.3) is 0 Å². The number of rotatable bonds is 25. The van der Waals surface area contributed by atoms with E-state index in [1.807, 2.05) is 0 Å². The van der Waals surface area contributed by atoms with Crippen LogP contribution in [0.5, 0.6) is 0 Å². The molecule has 16 heteroatoms. The van der Waals surface area contributed by atoms with E-state index in [-0.39, 0.29) is 68.5 Å². The lowest BCUT2D eigenvalue weighted by Crippen LogP contribution is -2.63. The topological polar surface area (TPSA) is 119 Å². The fourth-order valence-electron chi connectivity index (χ4n) is 15.2. The van der Waals surface area contributed by atoms with Crippen molar-refractivity contribution in [2.75, 3.05) is 97.4 Å². The molecule has 2 aromatic heterocycles. The zero-order chi connectivity index (χ0) is 60.5. The zero-order valence-corrected chi connectivity index (χ0v) is 57.1. The van der Waals surface area contributed by atoms with Crippen LogP contribution in [0.4, 0.5) is 35.7 Å². The van der Waals surface area contributed by atoms with Crippen LogP contribution in [0.1, 0.15) is 248 Å². The molecule has 4 saturated heterocycles. The average Bonchev–Trinajstić information content (AvgIpc) is 3.50. The van der Waals surface area contributed by atoms with Gasteiger partial charge >= 0.3 is 0 Å². The molecular formula is C65H124N16. The van der Waals surface area contributed by atoms with E-state index in [0.717, 1.165) is 153 Å². The number of hydrogen-bond donors (Lipinski definition) is 1. The molecule has 16 nitrogen and oxygen atoms in total. The van der Waals surface area contributed by atoms with Crippen molar-refractivity contribution < 1.29 is 0 Å². The number of aromatic nitrogens is 6. The number of hydrogen-bond acceptors (Lipinski definition) is 16. The highest BCUT2D eigenvalue weighted by molar-refractivity contribution is 5.51. The second-order valence-corrected chi connectivity index (χ2v) is 30.9. The van der Waals surface area contributed by atoms with Gasteiger partial charge in [-0.15, -0.1) is 0 Å². The third kappa shape index (κ3) is 15.2. The van der Waals surface area contributed by atoms with Crippen molar-refractivity contribution in [1.82, 2.24) is 49.5 Å². The summed E-state index contributed by atoms with van der Waals surface area (Å²) in [6.45, 7) is 54.7. The van der Waals surface area contributed by atoms with Crippen LogP contribution >= 0.6 is 0 Å². The first-order valence-corrected chi connectivity index (χ1v) is 32.5. The van der Waals surface area contributed by atoms with E-state index in [0.29, 0.717) is 25.1 Å². The van der Waals surface area contributed by atoms with E-state index in [9.17, 15) is 0 Å². The SMILES string of the molecule is CCCCN(c1nc(NCN(CC)c2nc(N(CCCC)C3CC(C)(C)N(C)C(C)(C)C3)nc(N(CCCC)C3CC(C)(C)N(C)C(C)(C)C3)n2)nc(N(CCCC)C2CC(C)(C)N(C)C(C)(C)C2)n1)C1CC(C)(C)N(C)C(C)(C)C1. The van der Waals surface area contributed by atoms with Gasteiger partial charge in [-0.25, -0.2) is 0 Å². The summed E-state index contributed by atoms with van der Waals surface area (Å²) in [6.07, 6.45) is 16.8. The van der Waals surface area contributed by atoms with E-state index < -0.39 is 0 Å². The van der Waals surface area contributed by atoms with E-state index >= 15 is 0 Å². The van der Waals surface area contributed by atoms with Gasteiger partial charge in [0.2, 0.25) is 35.7 Å². The molecule has 0 bridgehead atoms. The maximum absolute atomic E-state index is 5.71. The van der Waals surface area contributed by atoms with Gasteiger partial charge in [0.1, 0.15) is 0 Å². The molecule has 4 aliphatic rings. The van der Waals surface area contributed by atoms with Gasteiger partial charge in [0.25, 0.3) is 0 Å². The Kier molecular flexibility index (Phi) is 21.2. The van der Waals surface area contributed by atoms with Gasteiger partial charge in [-0.2, -0.15) is 29.9 Å². The highest BCUT2D eigenvalue weighted by Crippen LogP contribution is 2.45. The molecule has 0 aliphatic carbocycles. The van der Waals surface area contributed by atoms with Crippen LogP contribution in [0.3, 0.4) is 0 Å². The molecule has 2 aromatic rings. The minimum absolute atomic E-state index is 0.00607. The Bertz CT molecular complexity index is 2110. The Labute approximate surface area is 497 Å². The number of piperidine rings is 4. The van der Waals surface area contributed by atoms with E-state index in [4.69, 9.17) is 29.9 Å². The summed E-state index contributed by atoms with van der Waals surface area (Å²) in [4.78, 5) is 56.8. The van der Waals surface area contributed by atoms with Gasteiger partial charge in [-0.3, -0.25) is 19.6 Å². The summed E-state index contributed by atoms with van der Waals surface area (Å²) in [7, 11) is 9.23. The number of likely N-dealkylation sites (tertiary alicyclic amines) is 4. The largest absolute Gasteiger partial charge is 0.338 e. The number of nitrogens with zero attached hydrogens (tertiary/aromatic N) is 15. The molecular weight excluding hydrogens is 1000 g/mol. The first-order chi connectivity index (χ1) is 37.5. The Morgan fingerprint density at radius 3 is 0.765 bits per heavy atom. The van der Waals surface area contributed by atoms with Gasteiger partial charge in [0, 0.05) is 101 Å². The summed E-state index contributed by atoms with van der Waals surface area (Å²) >= 11 is 0. The highest BCUT2D eigenvalue weighted by Gasteiger charge is 2.50. The molecule has 0 atom stereocenters. The molecule has 1 N–H and O–H groups in total.